The Bertz CT molecular complexity index is 428. The fourth-order valence-corrected chi connectivity index (χ4v) is 1.17. The molecule has 0 saturated carbocycles. The molecule has 2 aromatic heterocycles. The van der Waals surface area contributed by atoms with Crippen LogP contribution in [0.25, 0.3) is 11.4 Å². The number of halogens is 1. The Balaban J connectivity index is 2.55. The number of aromatic nitrogens is 3. The quantitative estimate of drug-likeness (QED) is 0.788. The number of hydrogen-bond donors (Lipinski definition) is 1. The number of ether oxygens (including phenoxy) is 1. The summed E-state index contributed by atoms with van der Waals surface area (Å²) in [6.45, 7) is 0. The van der Waals surface area contributed by atoms with E-state index in [9.17, 15) is 4.39 Å². The van der Waals surface area contributed by atoms with Crippen LogP contribution < -0.4 is 4.74 Å². The largest absolute Gasteiger partial charge is 0.480 e. The van der Waals surface area contributed by atoms with E-state index in [0.29, 0.717) is 17.3 Å². The highest BCUT2D eigenvalue weighted by Crippen LogP contribution is 2.24. The van der Waals surface area contributed by atoms with Crippen molar-refractivity contribution in [3.8, 4) is 17.3 Å². The van der Waals surface area contributed by atoms with E-state index in [1.54, 1.807) is 12.4 Å². The van der Waals surface area contributed by atoms with E-state index in [1.807, 2.05) is 0 Å². The molecule has 0 amide bonds. The predicted molar refractivity (Wildman–Crippen MR) is 48.3 cm³/mol. The maximum Gasteiger partial charge on any atom is 0.224 e. The van der Waals surface area contributed by atoms with Crippen molar-refractivity contribution in [3.63, 3.8) is 0 Å². The Kier molecular flexibility index (Phi) is 2.14. The van der Waals surface area contributed by atoms with Gasteiger partial charge in [0.1, 0.15) is 11.6 Å². The van der Waals surface area contributed by atoms with Crippen molar-refractivity contribution in [1.82, 2.24) is 15.0 Å². The summed E-state index contributed by atoms with van der Waals surface area (Å²) in [5, 5.41) is 0. The van der Waals surface area contributed by atoms with Crippen molar-refractivity contribution >= 4 is 0 Å². The normalized spacial score (nSPS) is 10.1. The zero-order chi connectivity index (χ0) is 9.97. The highest BCUT2D eigenvalue weighted by atomic mass is 19.1. The number of imidazole rings is 1. The third kappa shape index (κ3) is 1.44. The predicted octanol–water partition coefficient (Wildman–Crippen LogP) is 1.62. The van der Waals surface area contributed by atoms with Gasteiger partial charge in [0.15, 0.2) is 0 Å². The third-order valence-electron chi connectivity index (χ3n) is 1.76. The van der Waals surface area contributed by atoms with Gasteiger partial charge in [-0.15, -0.1) is 0 Å². The summed E-state index contributed by atoms with van der Waals surface area (Å²) in [5.74, 6) is 0.465. The number of pyridine rings is 1. The van der Waals surface area contributed by atoms with Crippen LogP contribution in [0.4, 0.5) is 4.39 Å². The highest BCUT2D eigenvalue weighted by molar-refractivity contribution is 5.61. The molecule has 72 valence electrons. The summed E-state index contributed by atoms with van der Waals surface area (Å²) >= 11 is 0. The first-order valence-electron chi connectivity index (χ1n) is 4.00. The number of aromatic amines is 1. The fourth-order valence-electron chi connectivity index (χ4n) is 1.17. The SMILES string of the molecule is COc1ncc(F)cc1-c1ncc[nH]1. The molecule has 2 rings (SSSR count). The molecular formula is C9H8FN3O. The van der Waals surface area contributed by atoms with Crippen molar-refractivity contribution in [2.75, 3.05) is 7.11 Å². The monoisotopic (exact) mass is 193 g/mol. The summed E-state index contributed by atoms with van der Waals surface area (Å²) in [4.78, 5) is 10.6. The molecule has 0 aromatic carbocycles. The average molecular weight is 193 g/mol. The van der Waals surface area contributed by atoms with Crippen LogP contribution in [-0.2, 0) is 0 Å². The Morgan fingerprint density at radius 3 is 2.93 bits per heavy atom. The minimum Gasteiger partial charge on any atom is -0.480 e. The van der Waals surface area contributed by atoms with Gasteiger partial charge in [0.25, 0.3) is 0 Å². The molecule has 5 heteroatoms. The molecule has 0 aliphatic heterocycles. The van der Waals surface area contributed by atoms with Gasteiger partial charge in [0, 0.05) is 12.4 Å². The van der Waals surface area contributed by atoms with Crippen LogP contribution in [-0.4, -0.2) is 22.1 Å². The summed E-state index contributed by atoms with van der Waals surface area (Å²) in [5.41, 5.74) is 0.512. The topological polar surface area (TPSA) is 50.8 Å². The van der Waals surface area contributed by atoms with Gasteiger partial charge in [0.05, 0.1) is 18.9 Å². The van der Waals surface area contributed by atoms with Gasteiger partial charge in [-0.2, -0.15) is 0 Å². The fraction of sp³-hybridized carbons (Fsp3) is 0.111. The van der Waals surface area contributed by atoms with Crippen molar-refractivity contribution < 1.29 is 9.13 Å². The second-order valence-corrected chi connectivity index (χ2v) is 2.65. The molecule has 0 radical (unpaired) electrons. The number of hydrogen-bond acceptors (Lipinski definition) is 3. The maximum absolute atomic E-state index is 12.9. The molecule has 0 unspecified atom stereocenters. The van der Waals surface area contributed by atoms with E-state index in [1.165, 1.54) is 13.2 Å². The van der Waals surface area contributed by atoms with Gasteiger partial charge >= 0.3 is 0 Å². The maximum atomic E-state index is 12.9. The van der Waals surface area contributed by atoms with Crippen LogP contribution in [0.2, 0.25) is 0 Å². The second-order valence-electron chi connectivity index (χ2n) is 2.65. The number of H-pyrrole nitrogens is 1. The lowest BCUT2D eigenvalue weighted by Crippen LogP contribution is -1.93. The first kappa shape index (κ1) is 8.68. The lowest BCUT2D eigenvalue weighted by Gasteiger charge is -2.03. The van der Waals surface area contributed by atoms with Gasteiger partial charge in [-0.05, 0) is 6.07 Å². The molecule has 1 N–H and O–H groups in total. The second kappa shape index (κ2) is 3.45. The van der Waals surface area contributed by atoms with Crippen molar-refractivity contribution in [2.45, 2.75) is 0 Å². The minimum absolute atomic E-state index is 0.348. The molecule has 0 bridgehead atoms. The number of nitrogens with zero attached hydrogens (tertiary/aromatic N) is 2. The van der Waals surface area contributed by atoms with Crippen molar-refractivity contribution in [3.05, 3.63) is 30.5 Å². The van der Waals surface area contributed by atoms with Gasteiger partial charge < -0.3 is 9.72 Å². The summed E-state index contributed by atoms with van der Waals surface area (Å²) in [6, 6.07) is 1.32. The first-order chi connectivity index (χ1) is 6.81. The molecule has 0 aliphatic carbocycles. The lowest BCUT2D eigenvalue weighted by atomic mass is 10.2. The molecule has 0 fully saturated rings. The van der Waals surface area contributed by atoms with E-state index in [4.69, 9.17) is 4.74 Å². The van der Waals surface area contributed by atoms with Crippen LogP contribution in [0.15, 0.2) is 24.7 Å². The molecule has 0 spiro atoms. The van der Waals surface area contributed by atoms with Crippen LogP contribution in [0.3, 0.4) is 0 Å². The van der Waals surface area contributed by atoms with E-state index < -0.39 is 5.82 Å². The van der Waals surface area contributed by atoms with Crippen LogP contribution in [0.5, 0.6) is 5.88 Å². The van der Waals surface area contributed by atoms with Gasteiger partial charge in [-0.3, -0.25) is 0 Å². The van der Waals surface area contributed by atoms with E-state index >= 15 is 0 Å². The smallest absolute Gasteiger partial charge is 0.224 e. The zero-order valence-electron chi connectivity index (χ0n) is 7.49. The summed E-state index contributed by atoms with van der Waals surface area (Å²) in [7, 11) is 1.48. The third-order valence-corrected chi connectivity index (χ3v) is 1.76. The van der Waals surface area contributed by atoms with Gasteiger partial charge in [-0.1, -0.05) is 0 Å². The average Bonchev–Trinajstić information content (AvgIpc) is 2.70. The van der Waals surface area contributed by atoms with Crippen LogP contribution >= 0.6 is 0 Å². The molecule has 0 aliphatic rings. The number of methoxy groups -OCH3 is 1. The van der Waals surface area contributed by atoms with Crippen molar-refractivity contribution in [1.29, 1.82) is 0 Å². The Labute approximate surface area is 79.8 Å². The standard InChI is InChI=1S/C9H8FN3O/c1-14-9-7(4-6(10)5-13-9)8-11-2-3-12-8/h2-5H,1H3,(H,11,12). The Hall–Kier alpha value is -1.91. The van der Waals surface area contributed by atoms with Gasteiger partial charge in [0.2, 0.25) is 5.88 Å². The molecule has 2 heterocycles. The van der Waals surface area contributed by atoms with Crippen LogP contribution in [0, 0.1) is 5.82 Å². The van der Waals surface area contributed by atoms with Crippen LogP contribution in [0.1, 0.15) is 0 Å². The Morgan fingerprint density at radius 1 is 1.43 bits per heavy atom. The van der Waals surface area contributed by atoms with E-state index in [-0.39, 0.29) is 0 Å². The van der Waals surface area contributed by atoms with Crippen molar-refractivity contribution in [2.24, 2.45) is 0 Å². The number of nitrogens with one attached hydrogen (secondary N) is 1. The first-order valence-corrected chi connectivity index (χ1v) is 4.00. The highest BCUT2D eigenvalue weighted by Gasteiger charge is 2.10. The minimum atomic E-state index is -0.419. The molecular weight excluding hydrogens is 185 g/mol. The molecule has 4 nitrogen and oxygen atoms in total. The summed E-state index contributed by atoms with van der Waals surface area (Å²) in [6.07, 6.45) is 4.34. The summed E-state index contributed by atoms with van der Waals surface area (Å²) < 4.78 is 17.9. The van der Waals surface area contributed by atoms with Gasteiger partial charge in [-0.25, -0.2) is 14.4 Å². The van der Waals surface area contributed by atoms with E-state index in [0.717, 1.165) is 6.20 Å². The lowest BCUT2D eigenvalue weighted by molar-refractivity contribution is 0.397. The molecule has 2 aromatic rings. The zero-order valence-corrected chi connectivity index (χ0v) is 7.49. The number of rotatable bonds is 2. The molecule has 0 atom stereocenters. The molecule has 0 saturated heterocycles. The Morgan fingerprint density at radius 2 is 2.29 bits per heavy atom. The van der Waals surface area contributed by atoms with E-state index in [2.05, 4.69) is 15.0 Å². The molecule has 14 heavy (non-hydrogen) atoms.